The molecule has 0 aromatic rings. The molecule has 2 aliphatic rings. The third-order valence-electron chi connectivity index (χ3n) is 4.09. The van der Waals surface area contributed by atoms with E-state index in [2.05, 4.69) is 32.1 Å². The Morgan fingerprint density at radius 2 is 2.21 bits per heavy atom. The molecule has 1 aliphatic heterocycles. The van der Waals surface area contributed by atoms with Gasteiger partial charge in [0.2, 0.25) is 0 Å². The standard InChI is InChI=1S/C13H22Si/c1-3-4-8-14(9-5-10-14)13-7-6-12(2)11-13/h6-7,11,13H,3-5,8-10H2,1-2H3. The van der Waals surface area contributed by atoms with Crippen LogP contribution in [0.1, 0.15) is 33.1 Å². The van der Waals surface area contributed by atoms with Crippen LogP contribution in [0.4, 0.5) is 0 Å². The minimum absolute atomic E-state index is 0.836. The molecule has 0 aromatic heterocycles. The highest BCUT2D eigenvalue weighted by molar-refractivity contribution is 6.84. The Balaban J connectivity index is 2.02. The highest BCUT2D eigenvalue weighted by Gasteiger charge is 2.43. The van der Waals surface area contributed by atoms with Gasteiger partial charge in [0.05, 0.1) is 8.07 Å². The first-order valence-electron chi connectivity index (χ1n) is 6.13. The zero-order valence-corrected chi connectivity index (χ0v) is 10.6. The lowest BCUT2D eigenvalue weighted by atomic mass is 10.3. The van der Waals surface area contributed by atoms with E-state index in [0.29, 0.717) is 0 Å². The van der Waals surface area contributed by atoms with Crippen molar-refractivity contribution in [2.24, 2.45) is 0 Å². The summed E-state index contributed by atoms with van der Waals surface area (Å²) >= 11 is 0. The Hall–Kier alpha value is -0.303. The topological polar surface area (TPSA) is 0 Å². The lowest BCUT2D eigenvalue weighted by Gasteiger charge is -2.43. The van der Waals surface area contributed by atoms with Crippen molar-refractivity contribution < 1.29 is 0 Å². The van der Waals surface area contributed by atoms with E-state index >= 15 is 0 Å². The smallest absolute Gasteiger partial charge is 0.0649 e. The second kappa shape index (κ2) is 4.06. The summed E-state index contributed by atoms with van der Waals surface area (Å²) in [6, 6.07) is 4.79. The predicted octanol–water partition coefficient (Wildman–Crippen LogP) is 4.53. The summed E-state index contributed by atoms with van der Waals surface area (Å²) < 4.78 is 0. The van der Waals surface area contributed by atoms with Crippen molar-refractivity contribution in [3.8, 4) is 0 Å². The van der Waals surface area contributed by atoms with Crippen LogP contribution in [0.15, 0.2) is 23.8 Å². The van der Waals surface area contributed by atoms with Crippen LogP contribution in [0, 0.1) is 0 Å². The quantitative estimate of drug-likeness (QED) is 0.593. The van der Waals surface area contributed by atoms with Gasteiger partial charge in [-0.25, -0.2) is 0 Å². The van der Waals surface area contributed by atoms with E-state index < -0.39 is 8.07 Å². The molecule has 1 heterocycles. The van der Waals surface area contributed by atoms with Gasteiger partial charge in [0, 0.05) is 0 Å². The fourth-order valence-corrected chi connectivity index (χ4v) is 7.88. The maximum atomic E-state index is 2.54. The van der Waals surface area contributed by atoms with Crippen LogP contribution in [0.2, 0.25) is 23.7 Å². The molecular formula is C13H22Si. The summed E-state index contributed by atoms with van der Waals surface area (Å²) in [5.74, 6) is 0. The van der Waals surface area contributed by atoms with Crippen molar-refractivity contribution in [2.75, 3.05) is 0 Å². The van der Waals surface area contributed by atoms with Crippen molar-refractivity contribution in [3.05, 3.63) is 23.8 Å². The minimum Gasteiger partial charge on any atom is -0.0801 e. The van der Waals surface area contributed by atoms with Crippen LogP contribution in [-0.2, 0) is 0 Å². The van der Waals surface area contributed by atoms with E-state index in [0.717, 1.165) is 5.54 Å². The second-order valence-corrected chi connectivity index (χ2v) is 10.0. The summed E-state index contributed by atoms with van der Waals surface area (Å²) in [6.45, 7) is 4.57. The molecule has 14 heavy (non-hydrogen) atoms. The summed E-state index contributed by atoms with van der Waals surface area (Å²) in [5, 5.41) is 0. The largest absolute Gasteiger partial charge is 0.0801 e. The van der Waals surface area contributed by atoms with Gasteiger partial charge in [0.15, 0.2) is 0 Å². The number of rotatable bonds is 4. The molecule has 1 fully saturated rings. The molecule has 0 aromatic carbocycles. The Morgan fingerprint density at radius 1 is 1.43 bits per heavy atom. The summed E-state index contributed by atoms with van der Waals surface area (Å²) in [7, 11) is -0.836. The normalized spacial score (nSPS) is 28.7. The first kappa shape index (κ1) is 10.2. The zero-order chi connectivity index (χ0) is 10.0. The molecule has 1 heteroatoms. The van der Waals surface area contributed by atoms with Crippen LogP contribution >= 0.6 is 0 Å². The Labute approximate surface area is 89.1 Å². The fraction of sp³-hybridized carbons (Fsp3) is 0.692. The zero-order valence-electron chi connectivity index (χ0n) is 9.55. The molecule has 1 aliphatic carbocycles. The van der Waals surface area contributed by atoms with Gasteiger partial charge in [0.1, 0.15) is 0 Å². The first-order valence-corrected chi connectivity index (χ1v) is 8.83. The third kappa shape index (κ3) is 1.74. The molecule has 0 N–H and O–H groups in total. The van der Waals surface area contributed by atoms with Crippen molar-refractivity contribution >= 4 is 8.07 Å². The average molecular weight is 206 g/mol. The van der Waals surface area contributed by atoms with E-state index in [9.17, 15) is 0 Å². The van der Waals surface area contributed by atoms with E-state index in [1.54, 1.807) is 18.1 Å². The molecule has 0 radical (unpaired) electrons. The van der Waals surface area contributed by atoms with Crippen molar-refractivity contribution in [1.29, 1.82) is 0 Å². The second-order valence-electron chi connectivity index (χ2n) is 5.12. The molecule has 1 unspecified atom stereocenters. The van der Waals surface area contributed by atoms with Crippen LogP contribution in [0.5, 0.6) is 0 Å². The van der Waals surface area contributed by atoms with Gasteiger partial charge in [-0.05, 0) is 12.5 Å². The molecule has 0 bridgehead atoms. The Kier molecular flexibility index (Phi) is 2.96. The Bertz CT molecular complexity index is 258. The minimum atomic E-state index is -0.836. The van der Waals surface area contributed by atoms with Crippen molar-refractivity contribution in [1.82, 2.24) is 0 Å². The van der Waals surface area contributed by atoms with Crippen molar-refractivity contribution in [3.63, 3.8) is 0 Å². The van der Waals surface area contributed by atoms with Crippen LogP contribution in [-0.4, -0.2) is 8.07 Å². The molecule has 0 amide bonds. The molecular weight excluding hydrogens is 184 g/mol. The predicted molar refractivity (Wildman–Crippen MR) is 66.3 cm³/mol. The molecule has 1 atom stereocenters. The summed E-state index contributed by atoms with van der Waals surface area (Å²) in [5.41, 5.74) is 2.41. The van der Waals surface area contributed by atoms with Crippen LogP contribution in [0.3, 0.4) is 0 Å². The third-order valence-corrected chi connectivity index (χ3v) is 9.91. The van der Waals surface area contributed by atoms with Gasteiger partial charge in [-0.3, -0.25) is 0 Å². The molecule has 0 saturated carbocycles. The van der Waals surface area contributed by atoms with Gasteiger partial charge >= 0.3 is 0 Å². The number of hydrogen-bond acceptors (Lipinski definition) is 0. The van der Waals surface area contributed by atoms with E-state index in [1.807, 2.05) is 0 Å². The van der Waals surface area contributed by atoms with Gasteiger partial charge in [0.25, 0.3) is 0 Å². The van der Waals surface area contributed by atoms with Gasteiger partial charge in [-0.1, -0.05) is 68.1 Å². The SMILES string of the molecule is CCCC[Si]1(C2C=CC(C)=C2)CCC1. The molecule has 0 nitrogen and oxygen atoms in total. The van der Waals surface area contributed by atoms with E-state index in [-0.39, 0.29) is 0 Å². The van der Waals surface area contributed by atoms with Gasteiger partial charge in [-0.2, -0.15) is 0 Å². The monoisotopic (exact) mass is 206 g/mol. The maximum absolute atomic E-state index is 2.54. The molecule has 1 saturated heterocycles. The molecule has 2 rings (SSSR count). The van der Waals surface area contributed by atoms with E-state index in [1.165, 1.54) is 24.8 Å². The lowest BCUT2D eigenvalue weighted by molar-refractivity contribution is 0.786. The number of unbranched alkanes of at least 4 members (excludes halogenated alkanes) is 1. The van der Waals surface area contributed by atoms with Crippen LogP contribution in [0.25, 0.3) is 0 Å². The first-order chi connectivity index (χ1) is 6.77. The summed E-state index contributed by atoms with van der Waals surface area (Å²) in [4.78, 5) is 0. The number of allylic oxidation sites excluding steroid dienone is 4. The highest BCUT2D eigenvalue weighted by atomic mass is 28.3. The average Bonchev–Trinajstić information content (AvgIpc) is 2.51. The highest BCUT2D eigenvalue weighted by Crippen LogP contribution is 2.48. The van der Waals surface area contributed by atoms with E-state index in [4.69, 9.17) is 0 Å². The van der Waals surface area contributed by atoms with Gasteiger partial charge in [-0.15, -0.1) is 0 Å². The number of hydrogen-bond donors (Lipinski definition) is 0. The molecule has 78 valence electrons. The van der Waals surface area contributed by atoms with Crippen LogP contribution < -0.4 is 0 Å². The van der Waals surface area contributed by atoms with Crippen molar-refractivity contribution in [2.45, 2.75) is 56.8 Å². The Morgan fingerprint density at radius 3 is 2.64 bits per heavy atom. The molecule has 0 spiro atoms. The lowest BCUT2D eigenvalue weighted by Crippen LogP contribution is -2.44. The van der Waals surface area contributed by atoms with Gasteiger partial charge < -0.3 is 0 Å². The fourth-order valence-electron chi connectivity index (χ4n) is 2.94. The maximum Gasteiger partial charge on any atom is 0.0649 e. The summed E-state index contributed by atoms with van der Waals surface area (Å²) in [6.07, 6.45) is 11.8.